The number of para-hydroxylation sites is 1. The van der Waals surface area contributed by atoms with Crippen LogP contribution in [-0.2, 0) is 15.1 Å². The quantitative estimate of drug-likeness (QED) is 0.854. The predicted molar refractivity (Wildman–Crippen MR) is 114 cm³/mol. The average molecular weight is 389 g/mol. The minimum absolute atomic E-state index is 0.0309. The molecule has 3 aliphatic rings. The molecule has 1 spiro atoms. The molecule has 0 aliphatic carbocycles. The first-order valence-corrected chi connectivity index (χ1v) is 10.5. The first kappa shape index (κ1) is 18.4. The van der Waals surface area contributed by atoms with Crippen molar-refractivity contribution in [3.05, 3.63) is 59.2 Å². The Balaban J connectivity index is 1.58. The van der Waals surface area contributed by atoms with Gasteiger partial charge in [-0.1, -0.05) is 24.3 Å². The van der Waals surface area contributed by atoms with Gasteiger partial charge in [-0.3, -0.25) is 14.5 Å². The summed E-state index contributed by atoms with van der Waals surface area (Å²) in [6.45, 7) is 4.97. The number of aryl methyl sites for hydroxylation is 2. The number of hydrogen-bond donors (Lipinski definition) is 1. The van der Waals surface area contributed by atoms with E-state index < -0.39 is 11.5 Å². The minimum atomic E-state index is -0.879. The Hall–Kier alpha value is -2.66. The Morgan fingerprint density at radius 2 is 1.93 bits per heavy atom. The highest BCUT2D eigenvalue weighted by atomic mass is 16.2. The van der Waals surface area contributed by atoms with Crippen molar-refractivity contribution in [1.29, 1.82) is 0 Å². The van der Waals surface area contributed by atoms with E-state index in [1.165, 1.54) is 5.56 Å². The maximum atomic E-state index is 13.7. The van der Waals surface area contributed by atoms with Gasteiger partial charge in [0.1, 0.15) is 5.54 Å². The van der Waals surface area contributed by atoms with Crippen molar-refractivity contribution in [2.75, 3.05) is 23.8 Å². The molecular formula is C24H27N3O2. The highest BCUT2D eigenvalue weighted by molar-refractivity contribution is 6.11. The number of amides is 2. The molecule has 0 saturated carbocycles. The van der Waals surface area contributed by atoms with Gasteiger partial charge in [-0.25, -0.2) is 0 Å². The van der Waals surface area contributed by atoms with Gasteiger partial charge in [-0.05, 0) is 69.0 Å². The Morgan fingerprint density at radius 3 is 2.72 bits per heavy atom. The zero-order valence-corrected chi connectivity index (χ0v) is 17.2. The van der Waals surface area contributed by atoms with Crippen molar-refractivity contribution < 1.29 is 9.59 Å². The second kappa shape index (κ2) is 6.42. The molecule has 5 rings (SSSR count). The topological polar surface area (TPSA) is 52.7 Å². The van der Waals surface area contributed by atoms with E-state index in [0.717, 1.165) is 48.3 Å². The van der Waals surface area contributed by atoms with Crippen LogP contribution in [0.2, 0.25) is 0 Å². The fourth-order valence-electron chi connectivity index (χ4n) is 5.72. The van der Waals surface area contributed by atoms with Gasteiger partial charge >= 0.3 is 0 Å². The van der Waals surface area contributed by atoms with Gasteiger partial charge in [0.25, 0.3) is 5.91 Å². The molecule has 5 nitrogen and oxygen atoms in total. The molecule has 29 heavy (non-hydrogen) atoms. The maximum absolute atomic E-state index is 13.7. The number of nitrogens with zero attached hydrogens (tertiary/aromatic N) is 2. The van der Waals surface area contributed by atoms with Crippen molar-refractivity contribution in [1.82, 2.24) is 4.90 Å². The van der Waals surface area contributed by atoms with Gasteiger partial charge < -0.3 is 10.2 Å². The molecule has 2 aromatic rings. The van der Waals surface area contributed by atoms with Crippen LogP contribution in [0.4, 0.5) is 11.4 Å². The number of carbonyl (C=O) groups is 2. The van der Waals surface area contributed by atoms with Crippen molar-refractivity contribution in [3.8, 4) is 0 Å². The summed E-state index contributed by atoms with van der Waals surface area (Å²) in [5.74, 6) is -0.419. The Kier molecular flexibility index (Phi) is 4.07. The molecule has 0 bridgehead atoms. The smallest absolute Gasteiger partial charge is 0.252 e. The summed E-state index contributed by atoms with van der Waals surface area (Å²) < 4.78 is 0. The third-order valence-electron chi connectivity index (χ3n) is 7.24. The Bertz CT molecular complexity index is 1020. The summed E-state index contributed by atoms with van der Waals surface area (Å²) in [5, 5.41) is 3.12. The maximum Gasteiger partial charge on any atom is 0.252 e. The van der Waals surface area contributed by atoms with Crippen molar-refractivity contribution in [3.63, 3.8) is 0 Å². The number of fused-ring (bicyclic) bond motifs is 4. The van der Waals surface area contributed by atoms with E-state index >= 15 is 0 Å². The molecule has 2 fully saturated rings. The van der Waals surface area contributed by atoms with Crippen LogP contribution in [0.1, 0.15) is 36.0 Å². The molecule has 1 N–H and O–H groups in total. The van der Waals surface area contributed by atoms with E-state index in [1.807, 2.05) is 56.4 Å². The molecule has 3 heterocycles. The average Bonchev–Trinajstić information content (AvgIpc) is 3.35. The second-order valence-corrected chi connectivity index (χ2v) is 8.71. The molecule has 3 unspecified atom stereocenters. The largest absolute Gasteiger partial charge is 0.326 e. The second-order valence-electron chi connectivity index (χ2n) is 8.71. The lowest BCUT2D eigenvalue weighted by Gasteiger charge is -2.37. The summed E-state index contributed by atoms with van der Waals surface area (Å²) in [6.07, 6.45) is 2.86. The molecule has 2 saturated heterocycles. The van der Waals surface area contributed by atoms with Crippen LogP contribution >= 0.6 is 0 Å². The first-order chi connectivity index (χ1) is 13.9. The normalized spacial score (nSPS) is 28.1. The number of hydrogen-bond acceptors (Lipinski definition) is 3. The molecule has 2 amide bonds. The van der Waals surface area contributed by atoms with E-state index in [-0.39, 0.29) is 17.9 Å². The Morgan fingerprint density at radius 1 is 1.14 bits per heavy atom. The van der Waals surface area contributed by atoms with E-state index in [9.17, 15) is 9.59 Å². The fraction of sp³-hybridized carbons (Fsp3) is 0.417. The van der Waals surface area contributed by atoms with Crippen LogP contribution in [0.25, 0.3) is 0 Å². The lowest BCUT2D eigenvalue weighted by Crippen LogP contribution is -2.55. The predicted octanol–water partition coefficient (Wildman–Crippen LogP) is 3.60. The third-order valence-corrected chi connectivity index (χ3v) is 7.24. The molecular weight excluding hydrogens is 362 g/mol. The summed E-state index contributed by atoms with van der Waals surface area (Å²) in [4.78, 5) is 31.3. The number of anilines is 2. The summed E-state index contributed by atoms with van der Waals surface area (Å²) in [6, 6.07) is 14.2. The summed E-state index contributed by atoms with van der Waals surface area (Å²) in [7, 11) is 1.83. The van der Waals surface area contributed by atoms with Crippen molar-refractivity contribution >= 4 is 23.2 Å². The van der Waals surface area contributed by atoms with Crippen LogP contribution in [0.15, 0.2) is 42.5 Å². The van der Waals surface area contributed by atoms with Crippen LogP contribution in [-0.4, -0.2) is 36.3 Å². The molecule has 3 atom stereocenters. The van der Waals surface area contributed by atoms with Crippen molar-refractivity contribution in [2.24, 2.45) is 5.92 Å². The van der Waals surface area contributed by atoms with Crippen LogP contribution in [0, 0.1) is 19.8 Å². The van der Waals surface area contributed by atoms with Gasteiger partial charge in [-0.2, -0.15) is 0 Å². The van der Waals surface area contributed by atoms with Gasteiger partial charge in [0, 0.05) is 30.0 Å². The Labute approximate surface area is 171 Å². The van der Waals surface area contributed by atoms with E-state index in [2.05, 4.69) is 17.1 Å². The third kappa shape index (κ3) is 2.43. The monoisotopic (exact) mass is 389 g/mol. The number of likely N-dealkylation sites (N-methyl/N-ethyl adjacent to an activating group) is 1. The standard InChI is InChI=1S/C24H27N3O2/c1-15-10-11-17(13-16(15)2)25-22(28)20-14-18-7-6-12-27(18)24(20)19-8-4-5-9-21(19)26(3)23(24)29/h4-5,8-11,13,18,20H,6-7,12,14H2,1-3H3,(H,25,28). The first-order valence-electron chi connectivity index (χ1n) is 10.5. The molecule has 5 heteroatoms. The van der Waals surface area contributed by atoms with Gasteiger partial charge in [0.05, 0.1) is 5.92 Å². The fourth-order valence-corrected chi connectivity index (χ4v) is 5.72. The van der Waals surface area contributed by atoms with Gasteiger partial charge in [-0.15, -0.1) is 0 Å². The summed E-state index contributed by atoms with van der Waals surface area (Å²) >= 11 is 0. The number of carbonyl (C=O) groups excluding carboxylic acids is 2. The van der Waals surface area contributed by atoms with Crippen molar-refractivity contribution in [2.45, 2.75) is 44.7 Å². The van der Waals surface area contributed by atoms with Crippen LogP contribution in [0.5, 0.6) is 0 Å². The molecule has 150 valence electrons. The molecule has 0 aromatic heterocycles. The molecule has 2 aromatic carbocycles. The van der Waals surface area contributed by atoms with E-state index in [4.69, 9.17) is 0 Å². The SMILES string of the molecule is Cc1ccc(NC(=O)C2CC3CCCN3C23C(=O)N(C)c2ccccc23)cc1C. The van der Waals surface area contributed by atoms with Crippen LogP contribution in [0.3, 0.4) is 0 Å². The van der Waals surface area contributed by atoms with Gasteiger partial charge in [0.15, 0.2) is 0 Å². The highest BCUT2D eigenvalue weighted by Gasteiger charge is 2.66. The minimum Gasteiger partial charge on any atom is -0.326 e. The zero-order chi connectivity index (χ0) is 20.3. The van der Waals surface area contributed by atoms with E-state index in [1.54, 1.807) is 4.90 Å². The molecule has 3 aliphatic heterocycles. The number of nitrogens with one attached hydrogen (secondary N) is 1. The highest BCUT2D eigenvalue weighted by Crippen LogP contribution is 2.56. The molecule has 0 radical (unpaired) electrons. The van der Waals surface area contributed by atoms with E-state index in [0.29, 0.717) is 0 Å². The van der Waals surface area contributed by atoms with Crippen LogP contribution < -0.4 is 10.2 Å². The lowest BCUT2D eigenvalue weighted by molar-refractivity contribution is -0.136. The summed E-state index contributed by atoms with van der Waals surface area (Å²) in [5.41, 5.74) is 4.17. The zero-order valence-electron chi connectivity index (χ0n) is 17.2. The number of rotatable bonds is 2. The van der Waals surface area contributed by atoms with Gasteiger partial charge in [0.2, 0.25) is 5.91 Å². The lowest BCUT2D eigenvalue weighted by atomic mass is 9.78. The number of benzene rings is 2.